The summed E-state index contributed by atoms with van der Waals surface area (Å²) in [6, 6.07) is 18.6. The third-order valence-electron chi connectivity index (χ3n) is 7.98. The molecule has 4 aliphatic heterocycles. The van der Waals surface area contributed by atoms with Gasteiger partial charge in [0.15, 0.2) is 0 Å². The van der Waals surface area contributed by atoms with Gasteiger partial charge in [-0.3, -0.25) is 19.3 Å². The lowest BCUT2D eigenvalue weighted by Crippen LogP contribution is -2.54. The lowest BCUT2D eigenvalue weighted by molar-refractivity contribution is -0.135. The summed E-state index contributed by atoms with van der Waals surface area (Å²) in [6.45, 7) is 0.672. The van der Waals surface area contributed by atoms with E-state index < -0.39 is 17.4 Å². The van der Waals surface area contributed by atoms with E-state index in [4.69, 9.17) is 11.6 Å². The van der Waals surface area contributed by atoms with Crippen LogP contribution >= 0.6 is 11.6 Å². The van der Waals surface area contributed by atoms with Crippen LogP contribution in [0.4, 0.5) is 11.4 Å². The highest BCUT2D eigenvalue weighted by Gasteiger charge is 2.74. The van der Waals surface area contributed by atoms with Crippen LogP contribution in [-0.4, -0.2) is 35.2 Å². The minimum atomic E-state index is -1.21. The van der Waals surface area contributed by atoms with E-state index in [-0.39, 0.29) is 23.8 Å². The van der Waals surface area contributed by atoms with Gasteiger partial charge in [0, 0.05) is 17.0 Å². The van der Waals surface area contributed by atoms with Crippen molar-refractivity contribution in [1.82, 2.24) is 4.90 Å². The molecule has 4 unspecified atom stereocenters. The van der Waals surface area contributed by atoms with Gasteiger partial charge in [-0.05, 0) is 36.9 Å². The summed E-state index contributed by atoms with van der Waals surface area (Å²) >= 11 is 6.44. The standard InChI is InChI=1S/C26H20ClN3O3/c27-17-10-4-9-16-22(17)28-25(33)26(16)21-20(19-12-5-13-29(19)26)23(31)30(24(21)32)18-11-3-7-14-6-1-2-8-15(14)18/h1-4,6-11,19-21H,5,12-13H2,(H,28,33). The fourth-order valence-electron chi connectivity index (χ4n) is 6.84. The van der Waals surface area contributed by atoms with E-state index in [0.717, 1.165) is 23.6 Å². The van der Waals surface area contributed by atoms with Gasteiger partial charge in [-0.2, -0.15) is 0 Å². The topological polar surface area (TPSA) is 69.7 Å². The molecule has 1 N–H and O–H groups in total. The van der Waals surface area contributed by atoms with Crippen LogP contribution in [-0.2, 0) is 19.9 Å². The number of benzene rings is 3. The summed E-state index contributed by atoms with van der Waals surface area (Å²) < 4.78 is 0. The molecule has 0 radical (unpaired) electrons. The molecule has 33 heavy (non-hydrogen) atoms. The number of carbonyl (C=O) groups is 3. The molecule has 3 aromatic carbocycles. The maximum absolute atomic E-state index is 14.1. The number of nitrogens with zero attached hydrogens (tertiary/aromatic N) is 2. The Labute approximate surface area is 195 Å². The second-order valence-corrected chi connectivity index (χ2v) is 9.71. The number of para-hydroxylation sites is 1. The highest BCUT2D eigenvalue weighted by Crippen LogP contribution is 2.61. The van der Waals surface area contributed by atoms with Crippen LogP contribution in [0.3, 0.4) is 0 Å². The Morgan fingerprint density at radius 2 is 1.73 bits per heavy atom. The zero-order valence-electron chi connectivity index (χ0n) is 17.6. The fourth-order valence-corrected chi connectivity index (χ4v) is 7.06. The number of carbonyl (C=O) groups excluding carboxylic acids is 3. The molecule has 0 bridgehead atoms. The van der Waals surface area contributed by atoms with Crippen LogP contribution in [0.1, 0.15) is 18.4 Å². The molecule has 6 nitrogen and oxygen atoms in total. The first kappa shape index (κ1) is 19.3. The summed E-state index contributed by atoms with van der Waals surface area (Å²) in [7, 11) is 0. The number of hydrogen-bond donors (Lipinski definition) is 1. The van der Waals surface area contributed by atoms with Crippen molar-refractivity contribution in [3.05, 3.63) is 71.2 Å². The molecule has 7 rings (SSSR count). The maximum atomic E-state index is 14.1. The monoisotopic (exact) mass is 457 g/mol. The van der Waals surface area contributed by atoms with E-state index in [1.54, 1.807) is 6.07 Å². The summed E-state index contributed by atoms with van der Waals surface area (Å²) in [6.07, 6.45) is 1.67. The summed E-state index contributed by atoms with van der Waals surface area (Å²) in [5.74, 6) is -2.12. The zero-order valence-corrected chi connectivity index (χ0v) is 18.4. The summed E-state index contributed by atoms with van der Waals surface area (Å²) in [5, 5.41) is 5.20. The molecule has 0 aliphatic carbocycles. The predicted octanol–water partition coefficient (Wildman–Crippen LogP) is 3.92. The quantitative estimate of drug-likeness (QED) is 0.562. The Hall–Kier alpha value is -3.22. The first-order valence-corrected chi connectivity index (χ1v) is 11.7. The van der Waals surface area contributed by atoms with Gasteiger partial charge in [-0.1, -0.05) is 60.1 Å². The molecule has 3 fully saturated rings. The Balaban J connectivity index is 1.46. The molecule has 1 spiro atoms. The molecule has 3 aromatic rings. The second kappa shape index (κ2) is 6.43. The number of anilines is 2. The minimum Gasteiger partial charge on any atom is -0.323 e. The van der Waals surface area contributed by atoms with Crippen molar-refractivity contribution < 1.29 is 14.4 Å². The van der Waals surface area contributed by atoms with Gasteiger partial charge in [0.1, 0.15) is 5.54 Å². The van der Waals surface area contributed by atoms with Gasteiger partial charge < -0.3 is 5.32 Å². The van der Waals surface area contributed by atoms with Crippen LogP contribution in [0.25, 0.3) is 10.8 Å². The van der Waals surface area contributed by atoms with Gasteiger partial charge in [0.05, 0.1) is 28.2 Å². The highest BCUT2D eigenvalue weighted by atomic mass is 35.5. The van der Waals surface area contributed by atoms with E-state index in [9.17, 15) is 14.4 Å². The van der Waals surface area contributed by atoms with Crippen molar-refractivity contribution in [3.8, 4) is 0 Å². The molecule has 4 aliphatic rings. The van der Waals surface area contributed by atoms with E-state index in [2.05, 4.69) is 10.2 Å². The molecule has 0 saturated carbocycles. The molecule has 164 valence electrons. The molecule has 4 heterocycles. The van der Waals surface area contributed by atoms with Crippen LogP contribution in [0.2, 0.25) is 5.02 Å². The lowest BCUT2D eigenvalue weighted by Gasteiger charge is -2.36. The van der Waals surface area contributed by atoms with Crippen LogP contribution in [0.15, 0.2) is 60.7 Å². The SMILES string of the molecule is O=C1C2C3CCCN3C3(C(=O)Nc4c(Cl)cccc43)C2C(=O)N1c1cccc2ccccc12. The third-order valence-corrected chi connectivity index (χ3v) is 8.30. The summed E-state index contributed by atoms with van der Waals surface area (Å²) in [4.78, 5) is 45.2. The second-order valence-electron chi connectivity index (χ2n) is 9.30. The fraction of sp³-hybridized carbons (Fsp3) is 0.269. The van der Waals surface area contributed by atoms with Crippen molar-refractivity contribution in [2.24, 2.45) is 11.8 Å². The number of nitrogens with one attached hydrogen (secondary N) is 1. The maximum Gasteiger partial charge on any atom is 0.250 e. The highest BCUT2D eigenvalue weighted by molar-refractivity contribution is 6.35. The predicted molar refractivity (Wildman–Crippen MR) is 125 cm³/mol. The van der Waals surface area contributed by atoms with E-state index in [1.807, 2.05) is 54.6 Å². The Bertz CT molecular complexity index is 1400. The molecular weight excluding hydrogens is 438 g/mol. The smallest absolute Gasteiger partial charge is 0.250 e. The Morgan fingerprint density at radius 1 is 0.939 bits per heavy atom. The average Bonchev–Trinajstić information content (AvgIpc) is 3.53. The number of imide groups is 1. The largest absolute Gasteiger partial charge is 0.323 e. The molecule has 7 heteroatoms. The van der Waals surface area contributed by atoms with Crippen molar-refractivity contribution in [2.45, 2.75) is 24.4 Å². The van der Waals surface area contributed by atoms with Gasteiger partial charge in [0.25, 0.3) is 5.91 Å². The lowest BCUT2D eigenvalue weighted by atomic mass is 9.75. The number of amides is 3. The van der Waals surface area contributed by atoms with Crippen LogP contribution in [0.5, 0.6) is 0 Å². The van der Waals surface area contributed by atoms with Gasteiger partial charge in [-0.25, -0.2) is 4.90 Å². The molecule has 3 amide bonds. The number of fused-ring (bicyclic) bond motifs is 8. The number of halogens is 1. The molecule has 4 atom stereocenters. The molecule has 0 aromatic heterocycles. The Kier molecular flexibility index (Phi) is 3.75. The van der Waals surface area contributed by atoms with Crippen molar-refractivity contribution >= 4 is 51.5 Å². The first-order valence-electron chi connectivity index (χ1n) is 11.3. The van der Waals surface area contributed by atoms with Crippen molar-refractivity contribution in [3.63, 3.8) is 0 Å². The van der Waals surface area contributed by atoms with E-state index in [0.29, 0.717) is 28.5 Å². The third kappa shape index (κ3) is 2.16. The zero-order chi connectivity index (χ0) is 22.5. The van der Waals surface area contributed by atoms with Gasteiger partial charge in [0.2, 0.25) is 11.8 Å². The normalized spacial score (nSPS) is 30.3. The van der Waals surface area contributed by atoms with Crippen molar-refractivity contribution in [2.75, 3.05) is 16.8 Å². The number of rotatable bonds is 1. The van der Waals surface area contributed by atoms with E-state index >= 15 is 0 Å². The molecular formula is C26H20ClN3O3. The minimum absolute atomic E-state index is 0.151. The average molecular weight is 458 g/mol. The van der Waals surface area contributed by atoms with E-state index in [1.165, 1.54) is 4.90 Å². The molecule has 3 saturated heterocycles. The summed E-state index contributed by atoms with van der Waals surface area (Å²) in [5.41, 5.74) is 0.638. The van der Waals surface area contributed by atoms with Crippen LogP contribution in [0, 0.1) is 11.8 Å². The van der Waals surface area contributed by atoms with Gasteiger partial charge in [-0.15, -0.1) is 0 Å². The van der Waals surface area contributed by atoms with Gasteiger partial charge >= 0.3 is 0 Å². The van der Waals surface area contributed by atoms with Crippen molar-refractivity contribution in [1.29, 1.82) is 0 Å². The Morgan fingerprint density at radius 3 is 2.61 bits per heavy atom. The van der Waals surface area contributed by atoms with Crippen LogP contribution < -0.4 is 10.2 Å². The number of hydrogen-bond acceptors (Lipinski definition) is 4. The first-order chi connectivity index (χ1) is 16.0.